The Morgan fingerprint density at radius 3 is 2.86 bits per heavy atom. The first-order valence-corrected chi connectivity index (χ1v) is 6.51. The fourth-order valence-electron chi connectivity index (χ4n) is 1.99. The van der Waals surface area contributed by atoms with Crippen molar-refractivity contribution < 1.29 is 23.4 Å². The monoisotopic (exact) mass is 303 g/mol. The van der Waals surface area contributed by atoms with E-state index in [4.69, 9.17) is 18.6 Å². The molecule has 0 atom stereocenters. The second-order valence-corrected chi connectivity index (χ2v) is 4.55. The van der Waals surface area contributed by atoms with Gasteiger partial charge in [0, 0.05) is 12.6 Å². The van der Waals surface area contributed by atoms with E-state index in [0.717, 1.165) is 17.9 Å². The van der Waals surface area contributed by atoms with Gasteiger partial charge >= 0.3 is 0 Å². The van der Waals surface area contributed by atoms with Crippen LogP contribution >= 0.6 is 0 Å². The molecule has 0 fully saturated rings. The van der Waals surface area contributed by atoms with Gasteiger partial charge in [-0.1, -0.05) is 6.07 Å². The fourth-order valence-corrected chi connectivity index (χ4v) is 1.99. The molecule has 0 saturated heterocycles. The van der Waals surface area contributed by atoms with Crippen molar-refractivity contribution in [2.24, 2.45) is 0 Å². The summed E-state index contributed by atoms with van der Waals surface area (Å²) in [7, 11) is 1.35. The van der Waals surface area contributed by atoms with Gasteiger partial charge in [-0.05, 0) is 17.7 Å². The fraction of sp³-hybridized carbons (Fsp3) is 0.200. The number of carbonyl (C=O) groups is 1. The van der Waals surface area contributed by atoms with Gasteiger partial charge in [-0.25, -0.2) is 0 Å². The van der Waals surface area contributed by atoms with Gasteiger partial charge in [0.1, 0.15) is 6.26 Å². The molecule has 1 amide bonds. The molecule has 0 aliphatic carbocycles. The van der Waals surface area contributed by atoms with Crippen LogP contribution in [0.25, 0.3) is 0 Å². The summed E-state index contributed by atoms with van der Waals surface area (Å²) in [5.41, 5.74) is 0.426. The van der Waals surface area contributed by atoms with E-state index in [9.17, 15) is 9.59 Å². The normalized spacial score (nSPS) is 12.0. The maximum atomic E-state index is 12.0. The van der Waals surface area contributed by atoms with Crippen LogP contribution in [-0.4, -0.2) is 19.8 Å². The predicted octanol–water partition coefficient (Wildman–Crippen LogP) is 1.31. The average molecular weight is 303 g/mol. The van der Waals surface area contributed by atoms with Gasteiger partial charge in [0.2, 0.25) is 18.0 Å². The molecule has 7 nitrogen and oxygen atoms in total. The van der Waals surface area contributed by atoms with Crippen LogP contribution in [0.15, 0.2) is 39.7 Å². The average Bonchev–Trinajstić information content (AvgIpc) is 3.00. The molecule has 22 heavy (non-hydrogen) atoms. The van der Waals surface area contributed by atoms with E-state index < -0.39 is 11.3 Å². The molecule has 1 aromatic heterocycles. The third-order valence-electron chi connectivity index (χ3n) is 3.13. The smallest absolute Gasteiger partial charge is 0.287 e. The lowest BCUT2D eigenvalue weighted by Gasteiger charge is -2.06. The van der Waals surface area contributed by atoms with E-state index in [-0.39, 0.29) is 24.8 Å². The van der Waals surface area contributed by atoms with Crippen molar-refractivity contribution in [3.05, 3.63) is 52.1 Å². The molecule has 1 aliphatic rings. The number of ether oxygens (including phenoxy) is 3. The molecule has 2 heterocycles. The third-order valence-corrected chi connectivity index (χ3v) is 3.13. The van der Waals surface area contributed by atoms with Crippen LogP contribution in [0.1, 0.15) is 16.1 Å². The summed E-state index contributed by atoms with van der Waals surface area (Å²) in [6.45, 7) is 0.466. The maximum Gasteiger partial charge on any atom is 0.287 e. The second kappa shape index (κ2) is 5.80. The first-order chi connectivity index (χ1) is 10.7. The molecule has 114 valence electrons. The number of methoxy groups -OCH3 is 1. The Morgan fingerprint density at radius 1 is 1.27 bits per heavy atom. The summed E-state index contributed by atoms with van der Waals surface area (Å²) in [6, 6.07) is 6.47. The van der Waals surface area contributed by atoms with Crippen molar-refractivity contribution in [3.63, 3.8) is 0 Å². The van der Waals surface area contributed by atoms with Crippen molar-refractivity contribution in [3.8, 4) is 17.2 Å². The Balaban J connectivity index is 1.67. The zero-order valence-electron chi connectivity index (χ0n) is 11.8. The molecule has 1 aliphatic heterocycles. The summed E-state index contributed by atoms with van der Waals surface area (Å²) in [5.74, 6) is 0.801. The van der Waals surface area contributed by atoms with Gasteiger partial charge in [0.15, 0.2) is 17.3 Å². The number of benzene rings is 1. The van der Waals surface area contributed by atoms with Gasteiger partial charge in [0.05, 0.1) is 7.11 Å². The van der Waals surface area contributed by atoms with Crippen LogP contribution in [0, 0.1) is 0 Å². The van der Waals surface area contributed by atoms with Crippen LogP contribution in [-0.2, 0) is 6.54 Å². The van der Waals surface area contributed by atoms with Gasteiger partial charge in [-0.2, -0.15) is 0 Å². The first-order valence-electron chi connectivity index (χ1n) is 6.51. The highest BCUT2D eigenvalue weighted by atomic mass is 16.7. The number of rotatable bonds is 4. The van der Waals surface area contributed by atoms with Crippen molar-refractivity contribution in [1.29, 1.82) is 0 Å². The first kappa shape index (κ1) is 14.0. The predicted molar refractivity (Wildman–Crippen MR) is 75.3 cm³/mol. The Labute approximate surface area is 125 Å². The standard InChI is InChI=1S/C15H13NO6/c1-19-14-7-20-13(5-10(14)17)15(18)16-6-9-2-3-11-12(4-9)22-8-21-11/h2-5,7H,6,8H2,1H3,(H,16,18). The summed E-state index contributed by atoms with van der Waals surface area (Å²) in [4.78, 5) is 23.5. The third kappa shape index (κ3) is 2.73. The van der Waals surface area contributed by atoms with Gasteiger partial charge in [-0.15, -0.1) is 0 Å². The van der Waals surface area contributed by atoms with Crippen molar-refractivity contribution in [2.45, 2.75) is 6.54 Å². The van der Waals surface area contributed by atoms with Gasteiger partial charge < -0.3 is 23.9 Å². The van der Waals surface area contributed by atoms with E-state index in [1.807, 2.05) is 6.07 Å². The topological polar surface area (TPSA) is 87.0 Å². The Morgan fingerprint density at radius 2 is 2.09 bits per heavy atom. The molecule has 0 saturated carbocycles. The Bertz CT molecular complexity index is 767. The summed E-state index contributed by atoms with van der Waals surface area (Å²) in [6.07, 6.45) is 1.11. The molecular weight excluding hydrogens is 290 g/mol. The van der Waals surface area contributed by atoms with Crippen LogP contribution in [0.2, 0.25) is 0 Å². The highest BCUT2D eigenvalue weighted by Crippen LogP contribution is 2.32. The van der Waals surface area contributed by atoms with Gasteiger partial charge in [-0.3, -0.25) is 9.59 Å². The van der Waals surface area contributed by atoms with Gasteiger partial charge in [0.25, 0.3) is 5.91 Å². The highest BCUT2D eigenvalue weighted by Gasteiger charge is 2.15. The van der Waals surface area contributed by atoms with E-state index in [2.05, 4.69) is 5.32 Å². The zero-order chi connectivity index (χ0) is 15.5. The van der Waals surface area contributed by atoms with Crippen LogP contribution < -0.4 is 25.0 Å². The minimum atomic E-state index is -0.489. The molecular formula is C15H13NO6. The molecule has 1 aromatic carbocycles. The van der Waals surface area contributed by atoms with Crippen molar-refractivity contribution >= 4 is 5.91 Å². The molecule has 0 unspecified atom stereocenters. The number of carbonyl (C=O) groups excluding carboxylic acids is 1. The number of hydrogen-bond acceptors (Lipinski definition) is 6. The van der Waals surface area contributed by atoms with Crippen LogP contribution in [0.3, 0.4) is 0 Å². The lowest BCUT2D eigenvalue weighted by molar-refractivity contribution is 0.0920. The molecule has 7 heteroatoms. The molecule has 3 rings (SSSR count). The second-order valence-electron chi connectivity index (χ2n) is 4.55. The number of fused-ring (bicyclic) bond motifs is 1. The summed E-state index contributed by atoms with van der Waals surface area (Å²) in [5, 5.41) is 2.66. The Kier molecular flexibility index (Phi) is 3.69. The zero-order valence-corrected chi connectivity index (χ0v) is 11.8. The van der Waals surface area contributed by atoms with Crippen molar-refractivity contribution in [1.82, 2.24) is 5.32 Å². The molecule has 0 spiro atoms. The van der Waals surface area contributed by atoms with E-state index >= 15 is 0 Å². The van der Waals surface area contributed by atoms with Crippen LogP contribution in [0.4, 0.5) is 0 Å². The molecule has 1 N–H and O–H groups in total. The minimum absolute atomic E-state index is 0.0484. The summed E-state index contributed by atoms with van der Waals surface area (Å²) >= 11 is 0. The largest absolute Gasteiger partial charge is 0.490 e. The Hall–Kier alpha value is -2.96. The molecule has 0 radical (unpaired) electrons. The number of amides is 1. The van der Waals surface area contributed by atoms with Crippen molar-refractivity contribution in [2.75, 3.05) is 13.9 Å². The minimum Gasteiger partial charge on any atom is -0.490 e. The van der Waals surface area contributed by atoms with E-state index in [1.54, 1.807) is 12.1 Å². The lowest BCUT2D eigenvalue weighted by atomic mass is 10.2. The van der Waals surface area contributed by atoms with E-state index in [0.29, 0.717) is 11.5 Å². The number of nitrogens with one attached hydrogen (secondary N) is 1. The summed E-state index contributed by atoms with van der Waals surface area (Å²) < 4.78 is 20.3. The molecule has 0 bridgehead atoms. The lowest BCUT2D eigenvalue weighted by Crippen LogP contribution is -2.24. The quantitative estimate of drug-likeness (QED) is 0.916. The number of hydrogen-bond donors (Lipinski definition) is 1. The maximum absolute atomic E-state index is 12.0. The highest BCUT2D eigenvalue weighted by molar-refractivity contribution is 5.91. The molecule has 2 aromatic rings. The SMILES string of the molecule is COc1coc(C(=O)NCc2ccc3c(c2)OCO3)cc1=O. The van der Waals surface area contributed by atoms with E-state index in [1.165, 1.54) is 7.11 Å². The van der Waals surface area contributed by atoms with Crippen LogP contribution in [0.5, 0.6) is 17.2 Å².